The second kappa shape index (κ2) is 6.74. The molecule has 5 nitrogen and oxygen atoms in total. The summed E-state index contributed by atoms with van der Waals surface area (Å²) in [4.78, 5) is 8.25. The molecule has 6 heteroatoms. The number of nitrogens with zero attached hydrogens (tertiary/aromatic N) is 5. The second-order valence-corrected chi connectivity index (χ2v) is 6.52. The Kier molecular flexibility index (Phi) is 3.94. The molecular formula is C22H16FN5. The fourth-order valence-corrected chi connectivity index (χ4v) is 3.42. The maximum atomic E-state index is 13.5. The van der Waals surface area contributed by atoms with E-state index in [1.54, 1.807) is 37.1 Å². The summed E-state index contributed by atoms with van der Waals surface area (Å²) in [6, 6.07) is 16.5. The fraction of sp³-hybridized carbons (Fsp3) is 0.0455. The van der Waals surface area contributed by atoms with Gasteiger partial charge in [0.2, 0.25) is 0 Å². The Labute approximate surface area is 160 Å². The van der Waals surface area contributed by atoms with E-state index in [9.17, 15) is 4.39 Å². The number of imidazole rings is 1. The molecule has 0 fully saturated rings. The van der Waals surface area contributed by atoms with Gasteiger partial charge in [-0.3, -0.25) is 4.98 Å². The molecular weight excluding hydrogens is 353 g/mol. The van der Waals surface area contributed by atoms with Crippen LogP contribution in [0.15, 0.2) is 85.7 Å². The number of aromatic nitrogens is 5. The Morgan fingerprint density at radius 2 is 1.64 bits per heavy atom. The van der Waals surface area contributed by atoms with Crippen LogP contribution in [0, 0.1) is 5.82 Å². The molecule has 136 valence electrons. The highest BCUT2D eigenvalue weighted by molar-refractivity contribution is 5.92. The molecule has 28 heavy (non-hydrogen) atoms. The molecule has 0 aliphatic rings. The minimum atomic E-state index is -0.265. The van der Waals surface area contributed by atoms with Crippen LogP contribution < -0.4 is 0 Å². The van der Waals surface area contributed by atoms with Crippen LogP contribution in [0.5, 0.6) is 0 Å². The number of rotatable bonds is 4. The van der Waals surface area contributed by atoms with Crippen LogP contribution >= 0.6 is 0 Å². The van der Waals surface area contributed by atoms with Crippen LogP contribution in [-0.4, -0.2) is 24.1 Å². The van der Waals surface area contributed by atoms with Gasteiger partial charge >= 0.3 is 0 Å². The normalized spacial score (nSPS) is 11.2. The summed E-state index contributed by atoms with van der Waals surface area (Å²) < 4.78 is 17.4. The molecule has 5 aromatic rings. The molecule has 1 aromatic carbocycles. The molecule has 5 rings (SSSR count). The van der Waals surface area contributed by atoms with Crippen molar-refractivity contribution >= 4 is 5.52 Å². The van der Waals surface area contributed by atoms with Crippen molar-refractivity contribution < 1.29 is 4.39 Å². The van der Waals surface area contributed by atoms with Crippen LogP contribution in [0.1, 0.15) is 5.69 Å². The molecule has 0 amide bonds. The van der Waals surface area contributed by atoms with Crippen LogP contribution in [0.3, 0.4) is 0 Å². The smallest absolute Gasteiger partial charge is 0.123 e. The summed E-state index contributed by atoms with van der Waals surface area (Å²) in [7, 11) is 0. The number of pyridine rings is 2. The highest BCUT2D eigenvalue weighted by Crippen LogP contribution is 2.35. The Balaban J connectivity index is 1.76. The van der Waals surface area contributed by atoms with Crippen LogP contribution in [0.4, 0.5) is 4.39 Å². The van der Waals surface area contributed by atoms with Gasteiger partial charge in [0.25, 0.3) is 0 Å². The van der Waals surface area contributed by atoms with E-state index in [4.69, 9.17) is 5.10 Å². The van der Waals surface area contributed by atoms with Crippen molar-refractivity contribution in [2.75, 3.05) is 0 Å². The van der Waals surface area contributed by atoms with Crippen molar-refractivity contribution in [1.29, 1.82) is 0 Å². The molecule has 0 radical (unpaired) electrons. The predicted octanol–water partition coefficient (Wildman–Crippen LogP) is 4.45. The zero-order chi connectivity index (χ0) is 18.9. The quantitative estimate of drug-likeness (QED) is 0.470. The van der Waals surface area contributed by atoms with Crippen molar-refractivity contribution in [3.63, 3.8) is 0 Å². The van der Waals surface area contributed by atoms with Crippen molar-refractivity contribution in [2.45, 2.75) is 6.54 Å². The average molecular weight is 369 g/mol. The Morgan fingerprint density at radius 1 is 0.821 bits per heavy atom. The first kappa shape index (κ1) is 16.4. The molecule has 0 spiro atoms. The Morgan fingerprint density at radius 3 is 2.39 bits per heavy atom. The minimum absolute atomic E-state index is 0.265. The zero-order valence-corrected chi connectivity index (χ0v) is 14.9. The third kappa shape index (κ3) is 2.85. The third-order valence-corrected chi connectivity index (χ3v) is 4.73. The molecule has 4 heterocycles. The van der Waals surface area contributed by atoms with E-state index in [2.05, 4.69) is 9.97 Å². The molecule has 0 N–H and O–H groups in total. The van der Waals surface area contributed by atoms with Gasteiger partial charge in [-0.25, -0.2) is 13.9 Å². The van der Waals surface area contributed by atoms with Gasteiger partial charge in [-0.15, -0.1) is 0 Å². The van der Waals surface area contributed by atoms with Gasteiger partial charge in [0.1, 0.15) is 11.5 Å². The van der Waals surface area contributed by atoms with Crippen molar-refractivity contribution in [3.8, 4) is 22.4 Å². The predicted molar refractivity (Wildman–Crippen MR) is 105 cm³/mol. The SMILES string of the molecule is Fc1ccc(-c2nn3c(Cn4ccnc4)cccc3c2-c2ccncc2)cc1. The number of fused-ring (bicyclic) bond motifs is 1. The van der Waals surface area contributed by atoms with Gasteiger partial charge in [0.15, 0.2) is 0 Å². The lowest BCUT2D eigenvalue weighted by atomic mass is 10.0. The standard InChI is InChI=1S/C22H16FN5/c23-18-6-4-17(5-7-18)22-21(16-8-10-24-11-9-16)20-3-1-2-19(28(20)26-22)14-27-13-12-25-15-27/h1-13,15H,14H2. The van der Waals surface area contributed by atoms with E-state index < -0.39 is 0 Å². The number of halogens is 1. The van der Waals surface area contributed by atoms with Crippen LogP contribution in [-0.2, 0) is 6.54 Å². The zero-order valence-electron chi connectivity index (χ0n) is 14.9. The Hall–Kier alpha value is -3.80. The van der Waals surface area contributed by atoms with Crippen LogP contribution in [0.25, 0.3) is 27.9 Å². The molecule has 0 aliphatic carbocycles. The highest BCUT2D eigenvalue weighted by atomic mass is 19.1. The van der Waals surface area contributed by atoms with Gasteiger partial charge in [-0.2, -0.15) is 5.10 Å². The van der Waals surface area contributed by atoms with Crippen molar-refractivity contribution in [1.82, 2.24) is 24.1 Å². The second-order valence-electron chi connectivity index (χ2n) is 6.52. The first-order valence-corrected chi connectivity index (χ1v) is 8.92. The average Bonchev–Trinajstić information content (AvgIpc) is 3.37. The minimum Gasteiger partial charge on any atom is -0.331 e. The maximum Gasteiger partial charge on any atom is 0.123 e. The Bertz CT molecular complexity index is 1230. The van der Waals surface area contributed by atoms with E-state index in [-0.39, 0.29) is 5.82 Å². The number of hydrogen-bond acceptors (Lipinski definition) is 3. The summed E-state index contributed by atoms with van der Waals surface area (Å²) in [5, 5.41) is 4.91. The number of benzene rings is 1. The van der Waals surface area contributed by atoms with E-state index in [0.29, 0.717) is 6.54 Å². The van der Waals surface area contributed by atoms with E-state index in [1.165, 1.54) is 12.1 Å². The van der Waals surface area contributed by atoms with E-state index in [0.717, 1.165) is 33.6 Å². The lowest BCUT2D eigenvalue weighted by molar-refractivity contribution is 0.628. The summed E-state index contributed by atoms with van der Waals surface area (Å²) in [5.41, 5.74) is 5.71. The number of hydrogen-bond donors (Lipinski definition) is 0. The topological polar surface area (TPSA) is 48.0 Å². The lowest BCUT2D eigenvalue weighted by Gasteiger charge is -2.06. The maximum absolute atomic E-state index is 13.5. The van der Waals surface area contributed by atoms with Crippen molar-refractivity contribution in [3.05, 3.63) is 97.2 Å². The van der Waals surface area contributed by atoms with Gasteiger partial charge in [-0.05, 0) is 54.1 Å². The first-order chi connectivity index (χ1) is 13.8. The molecule has 0 atom stereocenters. The summed E-state index contributed by atoms with van der Waals surface area (Å²) in [6.07, 6.45) is 9.00. The van der Waals surface area contributed by atoms with Gasteiger partial charge in [0, 0.05) is 35.9 Å². The molecule has 0 aliphatic heterocycles. The molecule has 0 bridgehead atoms. The highest BCUT2D eigenvalue weighted by Gasteiger charge is 2.18. The fourth-order valence-electron chi connectivity index (χ4n) is 3.42. The van der Waals surface area contributed by atoms with Crippen molar-refractivity contribution in [2.24, 2.45) is 0 Å². The monoisotopic (exact) mass is 369 g/mol. The summed E-state index contributed by atoms with van der Waals surface area (Å²) in [6.45, 7) is 0.650. The largest absolute Gasteiger partial charge is 0.331 e. The van der Waals surface area contributed by atoms with E-state index in [1.807, 2.05) is 45.6 Å². The van der Waals surface area contributed by atoms with Gasteiger partial charge in [-0.1, -0.05) is 6.07 Å². The van der Waals surface area contributed by atoms with Gasteiger partial charge < -0.3 is 4.57 Å². The molecule has 0 unspecified atom stereocenters. The first-order valence-electron chi connectivity index (χ1n) is 8.92. The summed E-state index contributed by atoms with van der Waals surface area (Å²) >= 11 is 0. The van der Waals surface area contributed by atoms with Crippen LogP contribution in [0.2, 0.25) is 0 Å². The van der Waals surface area contributed by atoms with Gasteiger partial charge in [0.05, 0.1) is 24.1 Å². The third-order valence-electron chi connectivity index (χ3n) is 4.73. The molecule has 4 aromatic heterocycles. The molecule has 0 saturated heterocycles. The van der Waals surface area contributed by atoms with E-state index >= 15 is 0 Å². The molecule has 0 saturated carbocycles. The summed E-state index contributed by atoms with van der Waals surface area (Å²) in [5.74, 6) is -0.265. The lowest BCUT2D eigenvalue weighted by Crippen LogP contribution is -2.04.